The van der Waals surface area contributed by atoms with E-state index in [4.69, 9.17) is 34.8 Å². The lowest BCUT2D eigenvalue weighted by Gasteiger charge is -2.30. The molecule has 2 aromatic rings. The molecule has 0 spiro atoms. The third-order valence-corrected chi connectivity index (χ3v) is 7.94. The molecule has 198 valence electrons. The minimum absolute atomic E-state index is 0.00953. The molecule has 0 radical (unpaired) electrons. The number of rotatable bonds is 12. The molecule has 0 aromatic heterocycles. The maximum Gasteiger partial charge on any atom is 0.242 e. The Bertz CT molecular complexity index is 1160. The monoisotopic (exact) mass is 575 g/mol. The SMILES string of the molecule is CC[C@H](C)NC(=O)[C@@H](C)N(Cc1c(Cl)cccc1Cl)C(=O)CCCN(c1cccc(Cl)c1)S(C)(=O)=O. The van der Waals surface area contributed by atoms with Gasteiger partial charge in [0, 0.05) is 46.2 Å². The Labute approximate surface area is 228 Å². The molecule has 2 rings (SSSR count). The minimum atomic E-state index is -3.61. The van der Waals surface area contributed by atoms with Crippen LogP contribution in [0.2, 0.25) is 15.1 Å². The molecule has 11 heteroatoms. The van der Waals surface area contributed by atoms with Crippen molar-refractivity contribution < 1.29 is 18.0 Å². The van der Waals surface area contributed by atoms with Gasteiger partial charge in [-0.3, -0.25) is 13.9 Å². The normalized spacial score (nSPS) is 13.1. The van der Waals surface area contributed by atoms with Gasteiger partial charge in [0.15, 0.2) is 0 Å². The fraction of sp³-hybridized carbons (Fsp3) is 0.440. The Morgan fingerprint density at radius 1 is 1.03 bits per heavy atom. The molecular formula is C25H32Cl3N3O4S. The first-order chi connectivity index (χ1) is 16.8. The number of carbonyl (C=O) groups excluding carboxylic acids is 2. The summed E-state index contributed by atoms with van der Waals surface area (Å²) in [5.41, 5.74) is 0.951. The van der Waals surface area contributed by atoms with Crippen LogP contribution in [0.4, 0.5) is 5.69 Å². The van der Waals surface area contributed by atoms with Crippen molar-refractivity contribution in [2.75, 3.05) is 17.1 Å². The largest absolute Gasteiger partial charge is 0.352 e. The summed E-state index contributed by atoms with van der Waals surface area (Å²) in [4.78, 5) is 27.7. The highest BCUT2D eigenvalue weighted by atomic mass is 35.5. The average molecular weight is 577 g/mol. The van der Waals surface area contributed by atoms with Gasteiger partial charge in [-0.25, -0.2) is 8.42 Å². The first kappa shape index (κ1) is 30.2. The molecule has 0 saturated carbocycles. The zero-order chi connectivity index (χ0) is 27.0. The predicted octanol–water partition coefficient (Wildman–Crippen LogP) is 5.53. The summed E-state index contributed by atoms with van der Waals surface area (Å²) in [7, 11) is -3.61. The van der Waals surface area contributed by atoms with Crippen LogP contribution in [0.1, 0.15) is 45.6 Å². The second kappa shape index (κ2) is 13.5. The summed E-state index contributed by atoms with van der Waals surface area (Å²) in [6, 6.07) is 10.7. The number of nitrogens with one attached hydrogen (secondary N) is 1. The minimum Gasteiger partial charge on any atom is -0.352 e. The molecule has 0 unspecified atom stereocenters. The van der Waals surface area contributed by atoms with Gasteiger partial charge in [0.2, 0.25) is 21.8 Å². The predicted molar refractivity (Wildman–Crippen MR) is 147 cm³/mol. The van der Waals surface area contributed by atoms with E-state index in [0.29, 0.717) is 26.3 Å². The highest BCUT2D eigenvalue weighted by molar-refractivity contribution is 7.92. The van der Waals surface area contributed by atoms with Gasteiger partial charge in [0.1, 0.15) is 6.04 Å². The van der Waals surface area contributed by atoms with Crippen molar-refractivity contribution in [2.45, 2.75) is 58.7 Å². The quantitative estimate of drug-likeness (QED) is 0.360. The summed E-state index contributed by atoms with van der Waals surface area (Å²) in [5, 5.41) is 4.08. The van der Waals surface area contributed by atoms with Gasteiger partial charge < -0.3 is 10.2 Å². The molecule has 0 aliphatic heterocycles. The molecule has 0 saturated heterocycles. The van der Waals surface area contributed by atoms with Gasteiger partial charge in [-0.05, 0) is 57.0 Å². The number of hydrogen-bond acceptors (Lipinski definition) is 4. The van der Waals surface area contributed by atoms with E-state index in [9.17, 15) is 18.0 Å². The number of anilines is 1. The third-order valence-electron chi connectivity index (χ3n) is 5.81. The molecule has 36 heavy (non-hydrogen) atoms. The first-order valence-corrected chi connectivity index (χ1v) is 14.6. The van der Waals surface area contributed by atoms with Crippen molar-refractivity contribution in [1.29, 1.82) is 0 Å². The zero-order valence-corrected chi connectivity index (χ0v) is 23.9. The van der Waals surface area contributed by atoms with Crippen LogP contribution in [0.5, 0.6) is 0 Å². The fourth-order valence-corrected chi connectivity index (χ4v) is 5.20. The van der Waals surface area contributed by atoms with E-state index in [-0.39, 0.29) is 43.8 Å². The van der Waals surface area contributed by atoms with Crippen LogP contribution in [0, 0.1) is 0 Å². The lowest BCUT2D eigenvalue weighted by Crippen LogP contribution is -2.49. The summed E-state index contributed by atoms with van der Waals surface area (Å²) in [5.74, 6) is -0.616. The highest BCUT2D eigenvalue weighted by Crippen LogP contribution is 2.27. The molecule has 2 amide bonds. The molecule has 7 nitrogen and oxygen atoms in total. The third kappa shape index (κ3) is 8.54. The van der Waals surface area contributed by atoms with E-state index in [2.05, 4.69) is 5.32 Å². The summed E-state index contributed by atoms with van der Waals surface area (Å²) in [6.07, 6.45) is 2.08. The van der Waals surface area contributed by atoms with Crippen LogP contribution in [-0.2, 0) is 26.2 Å². The summed E-state index contributed by atoms with van der Waals surface area (Å²) < 4.78 is 26.0. The fourth-order valence-electron chi connectivity index (χ4n) is 3.54. The van der Waals surface area contributed by atoms with Crippen molar-refractivity contribution in [3.8, 4) is 0 Å². The second-order valence-electron chi connectivity index (χ2n) is 8.63. The Hall–Kier alpha value is -2.00. The highest BCUT2D eigenvalue weighted by Gasteiger charge is 2.28. The van der Waals surface area contributed by atoms with Crippen molar-refractivity contribution in [1.82, 2.24) is 10.2 Å². The Balaban J connectivity index is 2.23. The standard InChI is InChI=1S/C25H32Cl3N3O4S/c1-5-17(2)29-25(33)18(3)30(16-21-22(27)11-7-12-23(21)28)24(32)13-8-14-31(36(4,34)35)20-10-6-9-19(26)15-20/h6-7,9-12,15,17-18H,5,8,13-14,16H2,1-4H3,(H,29,33)/t17-,18+/m0/s1. The van der Waals surface area contributed by atoms with Crippen molar-refractivity contribution in [3.63, 3.8) is 0 Å². The zero-order valence-electron chi connectivity index (χ0n) is 20.8. The van der Waals surface area contributed by atoms with Gasteiger partial charge in [-0.2, -0.15) is 0 Å². The van der Waals surface area contributed by atoms with Crippen molar-refractivity contribution in [2.24, 2.45) is 0 Å². The average Bonchev–Trinajstić information content (AvgIpc) is 2.80. The Kier molecular flexibility index (Phi) is 11.3. The van der Waals surface area contributed by atoms with Gasteiger partial charge >= 0.3 is 0 Å². The van der Waals surface area contributed by atoms with Crippen LogP contribution in [0.25, 0.3) is 0 Å². The van der Waals surface area contributed by atoms with Crippen LogP contribution in [-0.4, -0.2) is 50.0 Å². The maximum atomic E-state index is 13.4. The van der Waals surface area contributed by atoms with Gasteiger partial charge in [-0.1, -0.05) is 53.9 Å². The van der Waals surface area contributed by atoms with E-state index in [0.717, 1.165) is 12.7 Å². The number of benzene rings is 2. The van der Waals surface area contributed by atoms with Gasteiger partial charge in [0.05, 0.1) is 11.9 Å². The van der Waals surface area contributed by atoms with Crippen LogP contribution in [0.3, 0.4) is 0 Å². The molecule has 2 aromatic carbocycles. The van der Waals surface area contributed by atoms with Crippen molar-refractivity contribution >= 4 is 62.3 Å². The Morgan fingerprint density at radius 2 is 1.64 bits per heavy atom. The van der Waals surface area contributed by atoms with Gasteiger partial charge in [-0.15, -0.1) is 0 Å². The molecule has 0 aliphatic rings. The lowest BCUT2D eigenvalue weighted by molar-refractivity contribution is -0.140. The van der Waals surface area contributed by atoms with E-state index >= 15 is 0 Å². The van der Waals surface area contributed by atoms with E-state index in [1.165, 1.54) is 9.21 Å². The smallest absolute Gasteiger partial charge is 0.242 e. The molecule has 0 bridgehead atoms. The number of nitrogens with zero attached hydrogens (tertiary/aromatic N) is 2. The molecule has 1 N–H and O–H groups in total. The van der Waals surface area contributed by atoms with Crippen molar-refractivity contribution in [3.05, 3.63) is 63.1 Å². The first-order valence-electron chi connectivity index (χ1n) is 11.6. The number of halogens is 3. The number of amides is 2. The molecule has 0 heterocycles. The van der Waals surface area contributed by atoms with E-state index in [1.807, 2.05) is 13.8 Å². The lowest BCUT2D eigenvalue weighted by atomic mass is 10.1. The molecular weight excluding hydrogens is 545 g/mol. The van der Waals surface area contributed by atoms with E-state index < -0.39 is 16.1 Å². The number of sulfonamides is 1. The number of hydrogen-bond donors (Lipinski definition) is 1. The summed E-state index contributed by atoms with van der Waals surface area (Å²) in [6.45, 7) is 5.59. The molecule has 0 aliphatic carbocycles. The topological polar surface area (TPSA) is 86.8 Å². The Morgan fingerprint density at radius 3 is 2.19 bits per heavy atom. The molecule has 0 fully saturated rings. The van der Waals surface area contributed by atoms with E-state index in [1.54, 1.807) is 49.4 Å². The van der Waals surface area contributed by atoms with Crippen LogP contribution in [0.15, 0.2) is 42.5 Å². The van der Waals surface area contributed by atoms with Gasteiger partial charge in [0.25, 0.3) is 0 Å². The number of carbonyl (C=O) groups is 2. The summed E-state index contributed by atoms with van der Waals surface area (Å²) >= 11 is 18.7. The maximum absolute atomic E-state index is 13.4. The second-order valence-corrected chi connectivity index (χ2v) is 11.8. The van der Waals surface area contributed by atoms with Crippen LogP contribution >= 0.6 is 34.8 Å². The van der Waals surface area contributed by atoms with Crippen LogP contribution < -0.4 is 9.62 Å². The molecule has 2 atom stereocenters.